The Hall–Kier alpha value is -1.08. The van der Waals surface area contributed by atoms with Crippen molar-refractivity contribution in [3.8, 4) is 11.3 Å². The van der Waals surface area contributed by atoms with Crippen LogP contribution in [0.4, 0.5) is 5.69 Å². The van der Waals surface area contributed by atoms with Gasteiger partial charge in [0.15, 0.2) is 12.2 Å². The standard InChI is InChI=1S/C9H8IN3O/c10-8-3-6(13-11)1-2-7(8)9-4-12-5-14-9/h1-5,13H,11H2. The van der Waals surface area contributed by atoms with Crippen LogP contribution in [0.25, 0.3) is 11.3 Å². The molecule has 0 atom stereocenters. The van der Waals surface area contributed by atoms with Crippen LogP contribution in [0.15, 0.2) is 35.2 Å². The quantitative estimate of drug-likeness (QED) is 0.507. The molecule has 0 aliphatic carbocycles. The summed E-state index contributed by atoms with van der Waals surface area (Å²) in [4.78, 5) is 3.87. The fourth-order valence-corrected chi connectivity index (χ4v) is 1.93. The molecular formula is C9H8IN3O. The van der Waals surface area contributed by atoms with Crippen molar-refractivity contribution in [2.24, 2.45) is 5.84 Å². The molecule has 3 N–H and O–H groups in total. The molecule has 4 nitrogen and oxygen atoms in total. The van der Waals surface area contributed by atoms with Gasteiger partial charge in [-0.1, -0.05) is 0 Å². The Bertz CT molecular complexity index is 428. The summed E-state index contributed by atoms with van der Waals surface area (Å²) in [7, 11) is 0. The third-order valence-corrected chi connectivity index (χ3v) is 2.73. The summed E-state index contributed by atoms with van der Waals surface area (Å²) in [6.45, 7) is 0. The maximum atomic E-state index is 5.30. The minimum Gasteiger partial charge on any atom is -0.443 e. The minimum absolute atomic E-state index is 0.762. The number of aromatic nitrogens is 1. The van der Waals surface area contributed by atoms with Gasteiger partial charge < -0.3 is 9.84 Å². The molecular weight excluding hydrogens is 293 g/mol. The number of rotatable bonds is 2. The molecule has 2 aromatic rings. The minimum atomic E-state index is 0.762. The van der Waals surface area contributed by atoms with Gasteiger partial charge >= 0.3 is 0 Å². The summed E-state index contributed by atoms with van der Waals surface area (Å²) in [5, 5.41) is 0. The van der Waals surface area contributed by atoms with Crippen molar-refractivity contribution in [1.82, 2.24) is 4.98 Å². The van der Waals surface area contributed by atoms with Crippen LogP contribution in [0.5, 0.6) is 0 Å². The molecule has 1 aromatic heterocycles. The monoisotopic (exact) mass is 301 g/mol. The number of anilines is 1. The maximum Gasteiger partial charge on any atom is 0.181 e. The van der Waals surface area contributed by atoms with Gasteiger partial charge in [0.1, 0.15) is 0 Å². The Morgan fingerprint density at radius 3 is 2.86 bits per heavy atom. The average molecular weight is 301 g/mol. The Labute approximate surface area is 94.6 Å². The van der Waals surface area contributed by atoms with E-state index in [2.05, 4.69) is 33.0 Å². The number of hydrazine groups is 1. The van der Waals surface area contributed by atoms with Gasteiger partial charge in [0.05, 0.1) is 6.20 Å². The van der Waals surface area contributed by atoms with Crippen molar-refractivity contribution in [3.05, 3.63) is 34.4 Å². The van der Waals surface area contributed by atoms with Gasteiger partial charge in [0, 0.05) is 14.8 Å². The Morgan fingerprint density at radius 2 is 2.29 bits per heavy atom. The number of nitrogens with zero attached hydrogens (tertiary/aromatic N) is 1. The van der Waals surface area contributed by atoms with Gasteiger partial charge in [-0.15, -0.1) is 0 Å². The van der Waals surface area contributed by atoms with Crippen LogP contribution in [-0.4, -0.2) is 4.98 Å². The normalized spacial score (nSPS) is 10.1. The third-order valence-electron chi connectivity index (χ3n) is 1.83. The highest BCUT2D eigenvalue weighted by Crippen LogP contribution is 2.26. The maximum absolute atomic E-state index is 5.30. The van der Waals surface area contributed by atoms with Crippen molar-refractivity contribution in [2.45, 2.75) is 0 Å². The van der Waals surface area contributed by atoms with Crippen molar-refractivity contribution in [2.75, 3.05) is 5.43 Å². The van der Waals surface area contributed by atoms with E-state index in [1.807, 2.05) is 18.2 Å². The van der Waals surface area contributed by atoms with Gasteiger partial charge in [-0.2, -0.15) is 0 Å². The van der Waals surface area contributed by atoms with E-state index in [1.165, 1.54) is 6.39 Å². The largest absolute Gasteiger partial charge is 0.443 e. The number of hydrogen-bond acceptors (Lipinski definition) is 4. The zero-order valence-electron chi connectivity index (χ0n) is 7.20. The summed E-state index contributed by atoms with van der Waals surface area (Å²) in [5.41, 5.74) is 4.48. The van der Waals surface area contributed by atoms with Crippen LogP contribution in [0.2, 0.25) is 0 Å². The van der Waals surface area contributed by atoms with Crippen molar-refractivity contribution in [3.63, 3.8) is 0 Å². The van der Waals surface area contributed by atoms with Crippen LogP contribution in [0.3, 0.4) is 0 Å². The molecule has 0 fully saturated rings. The van der Waals surface area contributed by atoms with E-state index in [1.54, 1.807) is 6.20 Å². The number of nitrogens with one attached hydrogen (secondary N) is 1. The van der Waals surface area contributed by atoms with Crippen LogP contribution < -0.4 is 11.3 Å². The van der Waals surface area contributed by atoms with Gasteiger partial charge in [-0.3, -0.25) is 5.84 Å². The molecule has 1 heterocycles. The molecule has 0 aliphatic rings. The molecule has 0 aliphatic heterocycles. The fraction of sp³-hybridized carbons (Fsp3) is 0. The smallest absolute Gasteiger partial charge is 0.181 e. The van der Waals surface area contributed by atoms with E-state index < -0.39 is 0 Å². The molecule has 0 spiro atoms. The first kappa shape index (κ1) is 9.47. The molecule has 0 radical (unpaired) electrons. The topological polar surface area (TPSA) is 64.1 Å². The van der Waals surface area contributed by atoms with Crippen molar-refractivity contribution in [1.29, 1.82) is 0 Å². The molecule has 0 unspecified atom stereocenters. The van der Waals surface area contributed by atoms with E-state index in [4.69, 9.17) is 10.3 Å². The first-order valence-corrected chi connectivity index (χ1v) is 5.04. The van der Waals surface area contributed by atoms with E-state index in [-0.39, 0.29) is 0 Å². The second-order valence-corrected chi connectivity index (χ2v) is 3.87. The van der Waals surface area contributed by atoms with E-state index >= 15 is 0 Å². The third kappa shape index (κ3) is 1.73. The number of nitrogen functional groups attached to an aromatic ring is 1. The van der Waals surface area contributed by atoms with Crippen LogP contribution in [-0.2, 0) is 0 Å². The second kappa shape index (κ2) is 3.97. The SMILES string of the molecule is NNc1ccc(-c2cnco2)c(I)c1. The van der Waals surface area contributed by atoms with E-state index in [9.17, 15) is 0 Å². The predicted molar refractivity (Wildman–Crippen MR) is 62.5 cm³/mol. The highest BCUT2D eigenvalue weighted by molar-refractivity contribution is 14.1. The molecule has 14 heavy (non-hydrogen) atoms. The molecule has 72 valence electrons. The van der Waals surface area contributed by atoms with Crippen molar-refractivity contribution < 1.29 is 4.42 Å². The summed E-state index contributed by atoms with van der Waals surface area (Å²) >= 11 is 2.23. The summed E-state index contributed by atoms with van der Waals surface area (Å²) in [6, 6.07) is 5.77. The first-order valence-electron chi connectivity index (χ1n) is 3.96. The summed E-state index contributed by atoms with van der Waals surface area (Å²) < 4.78 is 6.27. The van der Waals surface area contributed by atoms with E-state index in [0.717, 1.165) is 20.6 Å². The predicted octanol–water partition coefficient (Wildman–Crippen LogP) is 2.23. The molecule has 0 amide bonds. The van der Waals surface area contributed by atoms with Gasteiger partial charge in [0.25, 0.3) is 0 Å². The second-order valence-electron chi connectivity index (χ2n) is 2.70. The number of oxazole rings is 1. The lowest BCUT2D eigenvalue weighted by molar-refractivity contribution is 0.571. The Morgan fingerprint density at radius 1 is 1.43 bits per heavy atom. The zero-order valence-corrected chi connectivity index (χ0v) is 9.36. The van der Waals surface area contributed by atoms with Gasteiger partial charge in [-0.05, 0) is 40.8 Å². The lowest BCUT2D eigenvalue weighted by Gasteiger charge is -2.03. The molecule has 2 rings (SSSR count). The lowest BCUT2D eigenvalue weighted by atomic mass is 10.2. The molecule has 1 aromatic carbocycles. The number of nitrogens with two attached hydrogens (primary N) is 1. The first-order chi connectivity index (χ1) is 6.81. The Kier molecular flexibility index (Phi) is 2.69. The molecule has 0 saturated heterocycles. The molecule has 5 heteroatoms. The Balaban J connectivity index is 2.46. The number of hydrogen-bond donors (Lipinski definition) is 2. The molecule has 0 saturated carbocycles. The van der Waals surface area contributed by atoms with Crippen LogP contribution >= 0.6 is 22.6 Å². The number of halogens is 1. The van der Waals surface area contributed by atoms with Gasteiger partial charge in [0.2, 0.25) is 0 Å². The highest BCUT2D eigenvalue weighted by Gasteiger charge is 2.06. The highest BCUT2D eigenvalue weighted by atomic mass is 127. The fourth-order valence-electron chi connectivity index (χ4n) is 1.15. The van der Waals surface area contributed by atoms with Crippen molar-refractivity contribution >= 4 is 28.3 Å². The zero-order chi connectivity index (χ0) is 9.97. The number of benzene rings is 1. The molecule has 0 bridgehead atoms. The van der Waals surface area contributed by atoms with Gasteiger partial charge in [-0.25, -0.2) is 4.98 Å². The van der Waals surface area contributed by atoms with E-state index in [0.29, 0.717) is 0 Å². The van der Waals surface area contributed by atoms with Crippen LogP contribution in [0, 0.1) is 3.57 Å². The average Bonchev–Trinajstić information content (AvgIpc) is 2.70. The lowest BCUT2D eigenvalue weighted by Crippen LogP contribution is -2.06. The van der Waals surface area contributed by atoms with Crippen LogP contribution in [0.1, 0.15) is 0 Å². The summed E-state index contributed by atoms with van der Waals surface area (Å²) in [6.07, 6.45) is 3.10. The summed E-state index contributed by atoms with van der Waals surface area (Å²) in [5.74, 6) is 6.06.